The number of aromatic nitrogens is 2. The van der Waals surface area contributed by atoms with Crippen LogP contribution in [0.2, 0.25) is 0 Å². The molecule has 0 saturated heterocycles. The van der Waals surface area contributed by atoms with E-state index in [1.807, 2.05) is 13.0 Å². The van der Waals surface area contributed by atoms with Crippen LogP contribution in [0, 0.1) is 0 Å². The Morgan fingerprint density at radius 1 is 1.45 bits per heavy atom. The Bertz CT molecular complexity index is 644. The molecule has 1 N–H and O–H groups in total. The van der Waals surface area contributed by atoms with Gasteiger partial charge in [0.05, 0.1) is 12.8 Å². The van der Waals surface area contributed by atoms with Crippen LogP contribution in [0.5, 0.6) is 11.5 Å². The minimum absolute atomic E-state index is 0.0112. The second-order valence-corrected chi connectivity index (χ2v) is 4.16. The molecule has 0 radical (unpaired) electrons. The summed E-state index contributed by atoms with van der Waals surface area (Å²) in [4.78, 5) is 12.1. The molecule has 0 aliphatic carbocycles. The third-order valence-electron chi connectivity index (χ3n) is 2.92. The largest absolute Gasteiger partial charge is 0.504 e. The van der Waals surface area contributed by atoms with Gasteiger partial charge < -0.3 is 9.84 Å². The van der Waals surface area contributed by atoms with Crippen molar-refractivity contribution >= 4 is 11.9 Å². The number of ether oxygens (including phenoxy) is 1. The summed E-state index contributed by atoms with van der Waals surface area (Å²) in [7, 11) is 1.44. The van der Waals surface area contributed by atoms with Gasteiger partial charge in [-0.1, -0.05) is 0 Å². The number of hydrogen-bond acceptors (Lipinski definition) is 4. The van der Waals surface area contributed by atoms with Gasteiger partial charge >= 0.3 is 0 Å². The SMILES string of the molecule is CCn1nccc1C=CC(=O)c1ccc(O)c(OC)c1. The molecule has 5 heteroatoms. The fourth-order valence-corrected chi connectivity index (χ4v) is 1.84. The number of ketones is 1. The number of benzene rings is 1. The maximum atomic E-state index is 12.1. The molecule has 1 aromatic heterocycles. The average molecular weight is 272 g/mol. The topological polar surface area (TPSA) is 64.4 Å². The zero-order chi connectivity index (χ0) is 14.5. The summed E-state index contributed by atoms with van der Waals surface area (Å²) in [6, 6.07) is 6.35. The van der Waals surface area contributed by atoms with Crippen molar-refractivity contribution in [3.05, 3.63) is 47.8 Å². The monoisotopic (exact) mass is 272 g/mol. The predicted molar refractivity (Wildman–Crippen MR) is 75.9 cm³/mol. The summed E-state index contributed by atoms with van der Waals surface area (Å²) in [5.74, 6) is 0.132. The van der Waals surface area contributed by atoms with E-state index in [1.54, 1.807) is 23.0 Å². The molecule has 1 aromatic carbocycles. The van der Waals surface area contributed by atoms with E-state index in [-0.39, 0.29) is 17.3 Å². The first kappa shape index (κ1) is 13.9. The highest BCUT2D eigenvalue weighted by Crippen LogP contribution is 2.26. The van der Waals surface area contributed by atoms with Crippen molar-refractivity contribution in [1.29, 1.82) is 0 Å². The van der Waals surface area contributed by atoms with E-state index in [0.717, 1.165) is 12.2 Å². The van der Waals surface area contributed by atoms with Gasteiger partial charge in [-0.2, -0.15) is 5.10 Å². The maximum absolute atomic E-state index is 12.1. The third kappa shape index (κ3) is 2.88. The number of aryl methyl sites for hydroxylation is 1. The summed E-state index contributed by atoms with van der Waals surface area (Å²) in [6.45, 7) is 2.73. The van der Waals surface area contributed by atoms with Crippen LogP contribution < -0.4 is 4.74 Å². The van der Waals surface area contributed by atoms with Gasteiger partial charge in [0.25, 0.3) is 0 Å². The van der Waals surface area contributed by atoms with Crippen LogP contribution in [-0.4, -0.2) is 27.8 Å². The molecule has 0 fully saturated rings. The van der Waals surface area contributed by atoms with Gasteiger partial charge in [0.2, 0.25) is 0 Å². The summed E-state index contributed by atoms with van der Waals surface area (Å²) >= 11 is 0. The van der Waals surface area contributed by atoms with E-state index >= 15 is 0 Å². The van der Waals surface area contributed by atoms with Gasteiger partial charge in [0.1, 0.15) is 0 Å². The molecule has 0 unspecified atom stereocenters. The summed E-state index contributed by atoms with van der Waals surface area (Å²) in [5, 5.41) is 13.6. The molecule has 2 aromatic rings. The van der Waals surface area contributed by atoms with Gasteiger partial charge in [-0.05, 0) is 43.3 Å². The first-order valence-corrected chi connectivity index (χ1v) is 6.27. The number of allylic oxidation sites excluding steroid dienone is 1. The highest BCUT2D eigenvalue weighted by atomic mass is 16.5. The fourth-order valence-electron chi connectivity index (χ4n) is 1.84. The zero-order valence-electron chi connectivity index (χ0n) is 11.4. The van der Waals surface area contributed by atoms with Crippen LogP contribution in [-0.2, 0) is 6.54 Å². The van der Waals surface area contributed by atoms with Crippen molar-refractivity contribution in [2.75, 3.05) is 7.11 Å². The molecular formula is C15H16N2O3. The predicted octanol–water partition coefficient (Wildman–Crippen LogP) is 2.51. The van der Waals surface area contributed by atoms with Gasteiger partial charge in [-0.15, -0.1) is 0 Å². The van der Waals surface area contributed by atoms with Crippen molar-refractivity contribution in [2.24, 2.45) is 0 Å². The Balaban J connectivity index is 2.20. The molecule has 0 aliphatic heterocycles. The van der Waals surface area contributed by atoms with Gasteiger partial charge in [-0.25, -0.2) is 0 Å². The lowest BCUT2D eigenvalue weighted by Crippen LogP contribution is -1.99. The summed E-state index contributed by atoms with van der Waals surface area (Å²) in [5.41, 5.74) is 1.32. The summed E-state index contributed by atoms with van der Waals surface area (Å²) in [6.07, 6.45) is 4.89. The number of carbonyl (C=O) groups excluding carboxylic acids is 1. The molecule has 20 heavy (non-hydrogen) atoms. The third-order valence-corrected chi connectivity index (χ3v) is 2.92. The van der Waals surface area contributed by atoms with E-state index in [0.29, 0.717) is 5.56 Å². The van der Waals surface area contributed by atoms with E-state index in [1.165, 1.54) is 25.3 Å². The molecular weight excluding hydrogens is 256 g/mol. The number of phenols is 1. The quantitative estimate of drug-likeness (QED) is 0.671. The van der Waals surface area contributed by atoms with Gasteiger partial charge in [-0.3, -0.25) is 9.48 Å². The number of rotatable bonds is 5. The lowest BCUT2D eigenvalue weighted by molar-refractivity contribution is 0.104. The van der Waals surface area contributed by atoms with E-state index in [2.05, 4.69) is 5.10 Å². The molecule has 0 atom stereocenters. The van der Waals surface area contributed by atoms with Crippen LogP contribution in [0.15, 0.2) is 36.5 Å². The number of aromatic hydroxyl groups is 1. The number of hydrogen-bond donors (Lipinski definition) is 1. The second-order valence-electron chi connectivity index (χ2n) is 4.16. The molecule has 0 spiro atoms. The van der Waals surface area contributed by atoms with Crippen molar-refractivity contribution in [2.45, 2.75) is 13.5 Å². The van der Waals surface area contributed by atoms with E-state index in [9.17, 15) is 9.90 Å². The molecule has 0 saturated carbocycles. The fraction of sp³-hybridized carbons (Fsp3) is 0.200. The van der Waals surface area contributed by atoms with Crippen molar-refractivity contribution in [3.8, 4) is 11.5 Å². The Kier molecular flexibility index (Phi) is 4.20. The van der Waals surface area contributed by atoms with Crippen molar-refractivity contribution in [1.82, 2.24) is 9.78 Å². The first-order valence-electron chi connectivity index (χ1n) is 6.27. The number of carbonyl (C=O) groups is 1. The first-order chi connectivity index (χ1) is 9.65. The van der Waals surface area contributed by atoms with E-state index in [4.69, 9.17) is 4.74 Å². The molecule has 5 nitrogen and oxygen atoms in total. The van der Waals surface area contributed by atoms with Gasteiger partial charge in [0.15, 0.2) is 17.3 Å². The van der Waals surface area contributed by atoms with Gasteiger partial charge in [0, 0.05) is 18.3 Å². The lowest BCUT2D eigenvalue weighted by atomic mass is 10.1. The molecule has 104 valence electrons. The molecule has 0 bridgehead atoms. The number of nitrogens with zero attached hydrogens (tertiary/aromatic N) is 2. The maximum Gasteiger partial charge on any atom is 0.186 e. The molecule has 0 amide bonds. The molecule has 1 heterocycles. The van der Waals surface area contributed by atoms with Crippen LogP contribution in [0.1, 0.15) is 23.0 Å². The second kappa shape index (κ2) is 6.06. The normalized spacial score (nSPS) is 10.9. The number of methoxy groups -OCH3 is 1. The highest BCUT2D eigenvalue weighted by Gasteiger charge is 2.07. The van der Waals surface area contributed by atoms with Crippen LogP contribution >= 0.6 is 0 Å². The molecule has 0 aliphatic rings. The Hall–Kier alpha value is -2.56. The molecule has 2 rings (SSSR count). The van der Waals surface area contributed by atoms with Crippen molar-refractivity contribution < 1.29 is 14.6 Å². The smallest absolute Gasteiger partial charge is 0.186 e. The lowest BCUT2D eigenvalue weighted by Gasteiger charge is -2.04. The average Bonchev–Trinajstić information content (AvgIpc) is 2.92. The van der Waals surface area contributed by atoms with Crippen molar-refractivity contribution in [3.63, 3.8) is 0 Å². The van der Waals surface area contributed by atoms with Crippen LogP contribution in [0.25, 0.3) is 6.08 Å². The number of phenolic OH excluding ortho intramolecular Hbond substituents is 1. The Labute approximate surface area is 117 Å². The Morgan fingerprint density at radius 3 is 2.95 bits per heavy atom. The summed E-state index contributed by atoms with van der Waals surface area (Å²) < 4.78 is 6.78. The minimum Gasteiger partial charge on any atom is -0.504 e. The van der Waals surface area contributed by atoms with E-state index < -0.39 is 0 Å². The Morgan fingerprint density at radius 2 is 2.25 bits per heavy atom. The van der Waals surface area contributed by atoms with Crippen LogP contribution in [0.3, 0.4) is 0 Å². The highest BCUT2D eigenvalue weighted by molar-refractivity contribution is 6.07. The minimum atomic E-state index is -0.160. The zero-order valence-corrected chi connectivity index (χ0v) is 11.4. The van der Waals surface area contributed by atoms with Crippen LogP contribution in [0.4, 0.5) is 0 Å². The standard InChI is InChI=1S/C15H16N2O3/c1-3-17-12(8-9-16-17)5-7-13(18)11-4-6-14(19)15(10-11)20-2/h4-10,19H,3H2,1-2H3.